The topological polar surface area (TPSA) is 222 Å². The van der Waals surface area contributed by atoms with Gasteiger partial charge >= 0.3 is 0 Å². The zero-order chi connectivity index (χ0) is 41.3. The fourth-order valence-corrected chi connectivity index (χ4v) is 7.70. The summed E-state index contributed by atoms with van der Waals surface area (Å²) < 4.78 is 83.7. The fourth-order valence-electron chi connectivity index (χ4n) is 7.70. The second-order valence-electron chi connectivity index (χ2n) is 13.6. The van der Waals surface area contributed by atoms with Crippen LogP contribution in [0.4, 0.5) is 0 Å². The molecule has 7 unspecified atom stereocenters. The number of rotatable bonds is 20. The lowest BCUT2D eigenvalue weighted by molar-refractivity contribution is -0.374. The average Bonchev–Trinajstić information content (AvgIpc) is 3.17. The first-order valence-corrected chi connectivity index (χ1v) is 18.2. The number of carbonyl (C=O) groups excluding carboxylic acids is 2. The molecule has 3 saturated heterocycles. The third kappa shape index (κ3) is 9.93. The Kier molecular flexibility index (Phi) is 17.5. The van der Waals surface area contributed by atoms with Crippen molar-refractivity contribution in [2.75, 3.05) is 77.2 Å². The van der Waals surface area contributed by atoms with E-state index in [-0.39, 0.29) is 43.3 Å². The quantitative estimate of drug-likeness (QED) is 0.139. The molecular formula is C36H58N2O18. The van der Waals surface area contributed by atoms with Crippen LogP contribution >= 0.6 is 0 Å². The van der Waals surface area contributed by atoms with Crippen molar-refractivity contribution in [2.24, 2.45) is 0 Å². The summed E-state index contributed by atoms with van der Waals surface area (Å²) in [6, 6.07) is -0.524. The molecule has 56 heavy (non-hydrogen) atoms. The third-order valence-corrected chi connectivity index (χ3v) is 10.3. The van der Waals surface area contributed by atoms with Gasteiger partial charge in [0, 0.05) is 70.2 Å². The molecule has 2 N–H and O–H groups in total. The molecule has 4 rings (SSSR count). The summed E-state index contributed by atoms with van der Waals surface area (Å²) in [4.78, 5) is 48.8. The summed E-state index contributed by atoms with van der Waals surface area (Å²) in [7, 11) is 13.2. The SMILES string of the molecule is COCC1OC(NC(=O)CCc2c(OC)c(=O)c2=O)C(OC)[C@@H](OC)[C@H]1O[C@@H]1OC(COC)[C@H](O[C@@H]2OC(C)[C@H](NC(C)=O)[C@H](OC)C2OC)[C@H](OC)C1OC. The number of nitrogens with one attached hydrogen (secondary N) is 2. The van der Waals surface area contributed by atoms with E-state index in [4.69, 9.17) is 66.3 Å². The molecule has 3 heterocycles. The van der Waals surface area contributed by atoms with E-state index in [1.165, 1.54) is 70.9 Å². The third-order valence-electron chi connectivity index (χ3n) is 10.3. The van der Waals surface area contributed by atoms with E-state index in [2.05, 4.69) is 10.6 Å². The van der Waals surface area contributed by atoms with Crippen molar-refractivity contribution in [1.29, 1.82) is 0 Å². The van der Waals surface area contributed by atoms with Gasteiger partial charge in [-0.15, -0.1) is 0 Å². The van der Waals surface area contributed by atoms with E-state index in [9.17, 15) is 19.2 Å². The fraction of sp³-hybridized carbons (Fsp3) is 0.833. The van der Waals surface area contributed by atoms with Crippen molar-refractivity contribution in [3.05, 3.63) is 26.0 Å². The molecule has 3 aliphatic heterocycles. The highest BCUT2D eigenvalue weighted by Gasteiger charge is 2.55. The zero-order valence-electron chi connectivity index (χ0n) is 33.8. The molecule has 1 aromatic carbocycles. The number of ether oxygens (including phenoxy) is 14. The molecule has 0 radical (unpaired) electrons. The molecule has 0 spiro atoms. The average molecular weight is 807 g/mol. The Bertz CT molecular complexity index is 1470. The maximum atomic E-state index is 13.1. The lowest BCUT2D eigenvalue weighted by Crippen LogP contribution is -2.69. The monoisotopic (exact) mass is 806 g/mol. The number of methoxy groups -OCH3 is 9. The molecule has 0 aromatic heterocycles. The van der Waals surface area contributed by atoms with Gasteiger partial charge in [-0.2, -0.15) is 0 Å². The number of amides is 2. The van der Waals surface area contributed by atoms with Crippen LogP contribution < -0.4 is 26.2 Å². The van der Waals surface area contributed by atoms with Crippen LogP contribution in [0.25, 0.3) is 0 Å². The second-order valence-corrected chi connectivity index (χ2v) is 13.6. The Morgan fingerprint density at radius 1 is 0.607 bits per heavy atom. The predicted octanol–water partition coefficient (Wildman–Crippen LogP) is -1.81. The van der Waals surface area contributed by atoms with Crippen molar-refractivity contribution < 1.29 is 75.9 Å². The molecule has 0 saturated carbocycles. The molecule has 15 atom stereocenters. The molecule has 20 nitrogen and oxygen atoms in total. The first-order valence-electron chi connectivity index (χ1n) is 18.2. The highest BCUT2D eigenvalue weighted by atomic mass is 16.8. The predicted molar refractivity (Wildman–Crippen MR) is 192 cm³/mol. The summed E-state index contributed by atoms with van der Waals surface area (Å²) in [5.74, 6) is -0.769. The molecule has 3 aliphatic rings. The minimum absolute atomic E-state index is 0.00108. The summed E-state index contributed by atoms with van der Waals surface area (Å²) in [6.07, 6.45) is -12.1. The van der Waals surface area contributed by atoms with E-state index in [1.54, 1.807) is 6.92 Å². The molecule has 0 bridgehead atoms. The minimum atomic E-state index is -1.12. The Hall–Kier alpha value is -2.70. The molecule has 2 amide bonds. The standard InChI is InChI=1S/C36H58N2O18/c1-16-22(37-17(2)39)28(46-6)32(50-10)35(52-16)55-27-20(15-44-4)54-36(33(51-11)30(27)48-8)56-26-19(14-43-3)53-34(31(49-9)29(26)47-7)38-21(40)13-12-18-23(41)24(42)25(18)45-5/h16,19-20,22,26-36H,12-15H2,1-11H3,(H,37,39)(H,38,40)/t16?,19?,20?,22-,26-,27-,28-,29-,30-,31?,32?,33?,34?,35-,36-/m0/s1. The summed E-state index contributed by atoms with van der Waals surface area (Å²) in [5, 5.41) is 5.67. The van der Waals surface area contributed by atoms with Crippen LogP contribution in [-0.4, -0.2) is 181 Å². The minimum Gasteiger partial charge on any atom is -0.492 e. The van der Waals surface area contributed by atoms with Crippen LogP contribution in [0.2, 0.25) is 0 Å². The lowest BCUT2D eigenvalue weighted by Gasteiger charge is -2.51. The highest BCUT2D eigenvalue weighted by molar-refractivity contribution is 5.76. The van der Waals surface area contributed by atoms with E-state index < -0.39 is 109 Å². The van der Waals surface area contributed by atoms with Gasteiger partial charge in [0.05, 0.1) is 38.0 Å². The Morgan fingerprint density at radius 2 is 1.11 bits per heavy atom. The number of carbonyl (C=O) groups is 2. The molecule has 320 valence electrons. The van der Waals surface area contributed by atoms with Gasteiger partial charge < -0.3 is 76.9 Å². The van der Waals surface area contributed by atoms with Crippen molar-refractivity contribution >= 4 is 11.8 Å². The summed E-state index contributed by atoms with van der Waals surface area (Å²) in [6.45, 7) is 3.25. The lowest BCUT2D eigenvalue weighted by atomic mass is 9.94. The van der Waals surface area contributed by atoms with Crippen LogP contribution in [0.5, 0.6) is 5.75 Å². The number of hydrogen-bond donors (Lipinski definition) is 2. The van der Waals surface area contributed by atoms with E-state index in [0.29, 0.717) is 0 Å². The van der Waals surface area contributed by atoms with Gasteiger partial charge in [-0.05, 0) is 13.3 Å². The Morgan fingerprint density at radius 3 is 1.61 bits per heavy atom. The van der Waals surface area contributed by atoms with Crippen LogP contribution in [0, 0.1) is 0 Å². The summed E-state index contributed by atoms with van der Waals surface area (Å²) in [5.41, 5.74) is -1.23. The zero-order valence-corrected chi connectivity index (χ0v) is 33.8. The normalized spacial score (nSPS) is 36.3. The smallest absolute Gasteiger partial charge is 0.268 e. The second kappa shape index (κ2) is 21.3. The number of hydrogen-bond acceptors (Lipinski definition) is 18. The van der Waals surface area contributed by atoms with Crippen LogP contribution in [0.1, 0.15) is 25.8 Å². The van der Waals surface area contributed by atoms with Gasteiger partial charge in [0.15, 0.2) is 24.6 Å². The Labute approximate surface area is 325 Å². The first kappa shape index (κ1) is 46.0. The van der Waals surface area contributed by atoms with Gasteiger partial charge in [-0.25, -0.2) is 0 Å². The van der Waals surface area contributed by atoms with Crippen LogP contribution in [0.3, 0.4) is 0 Å². The molecule has 0 aliphatic carbocycles. The van der Waals surface area contributed by atoms with Crippen molar-refractivity contribution in [2.45, 2.75) is 119 Å². The first-order chi connectivity index (χ1) is 26.9. The van der Waals surface area contributed by atoms with E-state index in [1.807, 2.05) is 0 Å². The van der Waals surface area contributed by atoms with Gasteiger partial charge in [0.25, 0.3) is 5.43 Å². The van der Waals surface area contributed by atoms with E-state index in [0.717, 1.165) is 0 Å². The molecule has 20 heteroatoms. The van der Waals surface area contributed by atoms with Gasteiger partial charge in [-0.1, -0.05) is 0 Å². The van der Waals surface area contributed by atoms with E-state index >= 15 is 0 Å². The maximum Gasteiger partial charge on any atom is 0.268 e. The summed E-state index contributed by atoms with van der Waals surface area (Å²) >= 11 is 0. The van der Waals surface area contributed by atoms with Crippen molar-refractivity contribution in [1.82, 2.24) is 10.6 Å². The van der Waals surface area contributed by atoms with Gasteiger partial charge in [0.2, 0.25) is 17.2 Å². The maximum absolute atomic E-state index is 13.1. The van der Waals surface area contributed by atoms with Gasteiger partial charge in [0.1, 0.15) is 61.0 Å². The van der Waals surface area contributed by atoms with Crippen molar-refractivity contribution in [3.63, 3.8) is 0 Å². The Balaban J connectivity index is 1.55. The molecular weight excluding hydrogens is 748 g/mol. The van der Waals surface area contributed by atoms with Crippen LogP contribution in [0.15, 0.2) is 9.59 Å². The molecule has 3 fully saturated rings. The molecule has 1 aromatic rings. The van der Waals surface area contributed by atoms with Crippen molar-refractivity contribution in [3.8, 4) is 5.75 Å². The highest BCUT2D eigenvalue weighted by Crippen LogP contribution is 2.36. The largest absolute Gasteiger partial charge is 0.492 e. The van der Waals surface area contributed by atoms with Gasteiger partial charge in [-0.3, -0.25) is 19.2 Å². The van der Waals surface area contributed by atoms with Crippen LogP contribution in [-0.2, 0) is 77.6 Å².